The van der Waals surface area contributed by atoms with E-state index in [1.807, 2.05) is 30.0 Å². The molecule has 25 heavy (non-hydrogen) atoms. The second kappa shape index (κ2) is 6.31. The number of benzene rings is 1. The molecule has 1 aromatic carbocycles. The van der Waals surface area contributed by atoms with Crippen molar-refractivity contribution in [1.29, 1.82) is 0 Å². The lowest BCUT2D eigenvalue weighted by atomic mass is 10.1. The Labute approximate surface area is 147 Å². The van der Waals surface area contributed by atoms with E-state index < -0.39 is 0 Å². The molecule has 128 valence electrons. The summed E-state index contributed by atoms with van der Waals surface area (Å²) in [5, 5.41) is 0. The maximum Gasteiger partial charge on any atom is 0.277 e. The minimum Gasteiger partial charge on any atom is -0.339 e. The summed E-state index contributed by atoms with van der Waals surface area (Å²) in [6, 6.07) is 11.4. The second-order valence-electron chi connectivity index (χ2n) is 6.79. The Morgan fingerprint density at radius 2 is 1.84 bits per heavy atom. The van der Waals surface area contributed by atoms with E-state index in [-0.39, 0.29) is 17.9 Å². The number of aromatic nitrogens is 1. The first-order valence-corrected chi connectivity index (χ1v) is 8.82. The van der Waals surface area contributed by atoms with Gasteiger partial charge in [0, 0.05) is 36.6 Å². The Bertz CT molecular complexity index is 827. The molecule has 2 amide bonds. The lowest BCUT2D eigenvalue weighted by Crippen LogP contribution is -2.36. The number of rotatable bonds is 2. The number of hydrogen-bond acceptors (Lipinski definition) is 3. The number of pyridine rings is 1. The zero-order valence-electron chi connectivity index (χ0n) is 14.3. The van der Waals surface area contributed by atoms with Gasteiger partial charge in [-0.2, -0.15) is 0 Å². The fourth-order valence-corrected chi connectivity index (χ4v) is 3.78. The van der Waals surface area contributed by atoms with Crippen LogP contribution in [-0.2, 0) is 6.42 Å². The minimum absolute atomic E-state index is 0.0104. The molecule has 5 nitrogen and oxygen atoms in total. The molecule has 1 fully saturated rings. The van der Waals surface area contributed by atoms with Crippen LogP contribution in [-0.4, -0.2) is 40.8 Å². The van der Waals surface area contributed by atoms with Crippen molar-refractivity contribution in [3.8, 4) is 0 Å². The molecule has 2 aliphatic heterocycles. The molecule has 1 aromatic heterocycles. The van der Waals surface area contributed by atoms with Gasteiger partial charge in [0.1, 0.15) is 5.69 Å². The molecule has 1 unspecified atom stereocenters. The quantitative estimate of drug-likeness (QED) is 0.848. The van der Waals surface area contributed by atoms with E-state index in [4.69, 9.17) is 0 Å². The normalized spacial score (nSPS) is 19.2. The molecule has 0 bridgehead atoms. The summed E-state index contributed by atoms with van der Waals surface area (Å²) in [6.07, 6.45) is 4.49. The number of nitrogens with zero attached hydrogens (tertiary/aromatic N) is 3. The summed E-state index contributed by atoms with van der Waals surface area (Å²) in [4.78, 5) is 33.5. The molecule has 5 heteroatoms. The van der Waals surface area contributed by atoms with Crippen molar-refractivity contribution < 1.29 is 9.59 Å². The molecule has 1 atom stereocenters. The predicted molar refractivity (Wildman–Crippen MR) is 95.8 cm³/mol. The number of para-hydroxylation sites is 1. The number of carbonyl (C=O) groups is 2. The molecule has 0 radical (unpaired) electrons. The van der Waals surface area contributed by atoms with Gasteiger partial charge in [0.05, 0.1) is 0 Å². The third kappa shape index (κ3) is 2.80. The van der Waals surface area contributed by atoms with Crippen LogP contribution in [0.2, 0.25) is 0 Å². The van der Waals surface area contributed by atoms with Crippen LogP contribution in [0.15, 0.2) is 42.6 Å². The monoisotopic (exact) mass is 335 g/mol. The predicted octanol–water partition coefficient (Wildman–Crippen LogP) is 2.91. The molecule has 0 aliphatic carbocycles. The SMILES string of the molecule is CC1Cc2ccccc2N1C(=O)c1cc(C(=O)N2CCCC2)ccn1. The molecule has 0 saturated carbocycles. The maximum atomic E-state index is 13.1. The third-order valence-electron chi connectivity index (χ3n) is 5.05. The molecular formula is C20H21N3O2. The molecule has 1 saturated heterocycles. The van der Waals surface area contributed by atoms with Crippen molar-refractivity contribution in [1.82, 2.24) is 9.88 Å². The maximum absolute atomic E-state index is 13.1. The van der Waals surface area contributed by atoms with Crippen LogP contribution in [0, 0.1) is 0 Å². The van der Waals surface area contributed by atoms with Crippen molar-refractivity contribution in [2.75, 3.05) is 18.0 Å². The van der Waals surface area contributed by atoms with Gasteiger partial charge < -0.3 is 9.80 Å². The van der Waals surface area contributed by atoms with Gasteiger partial charge in [0.25, 0.3) is 11.8 Å². The number of amides is 2. The Balaban J connectivity index is 1.63. The zero-order chi connectivity index (χ0) is 17.4. The van der Waals surface area contributed by atoms with Gasteiger partial charge in [0.15, 0.2) is 0 Å². The van der Waals surface area contributed by atoms with Crippen LogP contribution in [0.5, 0.6) is 0 Å². The smallest absolute Gasteiger partial charge is 0.277 e. The molecule has 4 rings (SSSR count). The van der Waals surface area contributed by atoms with E-state index in [2.05, 4.69) is 11.1 Å². The van der Waals surface area contributed by atoms with Gasteiger partial charge in [-0.1, -0.05) is 18.2 Å². The van der Waals surface area contributed by atoms with Gasteiger partial charge in [-0.25, -0.2) is 0 Å². The summed E-state index contributed by atoms with van der Waals surface area (Å²) in [7, 11) is 0. The average molecular weight is 335 g/mol. The Morgan fingerprint density at radius 3 is 2.64 bits per heavy atom. The number of hydrogen-bond donors (Lipinski definition) is 0. The van der Waals surface area contributed by atoms with E-state index >= 15 is 0 Å². The zero-order valence-corrected chi connectivity index (χ0v) is 14.3. The van der Waals surface area contributed by atoms with Crippen LogP contribution in [0.3, 0.4) is 0 Å². The first-order valence-electron chi connectivity index (χ1n) is 8.82. The van der Waals surface area contributed by atoms with Crippen LogP contribution in [0.25, 0.3) is 0 Å². The van der Waals surface area contributed by atoms with E-state index in [0.717, 1.165) is 38.0 Å². The highest BCUT2D eigenvalue weighted by molar-refractivity contribution is 6.07. The lowest BCUT2D eigenvalue weighted by molar-refractivity contribution is 0.0792. The van der Waals surface area contributed by atoms with Gasteiger partial charge in [-0.05, 0) is 49.9 Å². The molecule has 2 aromatic rings. The summed E-state index contributed by atoms with van der Waals surface area (Å²) < 4.78 is 0. The first kappa shape index (κ1) is 15.8. The Kier molecular flexibility index (Phi) is 3.99. The number of likely N-dealkylation sites (tertiary alicyclic amines) is 1. The highest BCUT2D eigenvalue weighted by atomic mass is 16.2. The summed E-state index contributed by atoms with van der Waals surface area (Å²) >= 11 is 0. The van der Waals surface area contributed by atoms with Crippen LogP contribution in [0.1, 0.15) is 46.2 Å². The van der Waals surface area contributed by atoms with Crippen molar-refractivity contribution in [2.45, 2.75) is 32.2 Å². The highest BCUT2D eigenvalue weighted by Crippen LogP contribution is 2.32. The fraction of sp³-hybridized carbons (Fsp3) is 0.350. The fourth-order valence-electron chi connectivity index (χ4n) is 3.78. The van der Waals surface area contributed by atoms with E-state index in [0.29, 0.717) is 11.3 Å². The van der Waals surface area contributed by atoms with Gasteiger partial charge in [-0.3, -0.25) is 14.6 Å². The van der Waals surface area contributed by atoms with E-state index in [1.54, 1.807) is 23.2 Å². The second-order valence-corrected chi connectivity index (χ2v) is 6.79. The minimum atomic E-state index is -0.145. The number of carbonyl (C=O) groups excluding carboxylic acids is 2. The summed E-state index contributed by atoms with van der Waals surface area (Å²) in [6.45, 7) is 3.62. The number of fused-ring (bicyclic) bond motifs is 1. The molecule has 0 N–H and O–H groups in total. The first-order chi connectivity index (χ1) is 12.1. The van der Waals surface area contributed by atoms with Crippen molar-refractivity contribution in [3.63, 3.8) is 0 Å². The van der Waals surface area contributed by atoms with Gasteiger partial charge in [-0.15, -0.1) is 0 Å². The van der Waals surface area contributed by atoms with Crippen LogP contribution < -0.4 is 4.90 Å². The van der Waals surface area contributed by atoms with Crippen LogP contribution in [0.4, 0.5) is 5.69 Å². The highest BCUT2D eigenvalue weighted by Gasteiger charge is 2.32. The Hall–Kier alpha value is -2.69. The lowest BCUT2D eigenvalue weighted by Gasteiger charge is -2.22. The van der Waals surface area contributed by atoms with Gasteiger partial charge >= 0.3 is 0 Å². The summed E-state index contributed by atoms with van der Waals surface area (Å²) in [5.74, 6) is -0.155. The summed E-state index contributed by atoms with van der Waals surface area (Å²) in [5.41, 5.74) is 2.99. The largest absolute Gasteiger partial charge is 0.339 e. The van der Waals surface area contributed by atoms with Gasteiger partial charge in [0.2, 0.25) is 0 Å². The molecule has 2 aliphatic rings. The number of anilines is 1. The third-order valence-corrected chi connectivity index (χ3v) is 5.05. The van der Waals surface area contributed by atoms with Crippen molar-refractivity contribution >= 4 is 17.5 Å². The van der Waals surface area contributed by atoms with Crippen LogP contribution >= 0.6 is 0 Å². The van der Waals surface area contributed by atoms with Crippen molar-refractivity contribution in [2.24, 2.45) is 0 Å². The Morgan fingerprint density at radius 1 is 1.08 bits per heavy atom. The molecule has 3 heterocycles. The molecular weight excluding hydrogens is 314 g/mol. The van der Waals surface area contributed by atoms with Crippen molar-refractivity contribution in [3.05, 3.63) is 59.4 Å². The molecule has 0 spiro atoms. The average Bonchev–Trinajstić information content (AvgIpc) is 3.27. The van der Waals surface area contributed by atoms with E-state index in [9.17, 15) is 9.59 Å². The topological polar surface area (TPSA) is 53.5 Å². The standard InChI is InChI=1S/C20H21N3O2/c1-14-12-15-6-2-3-7-18(15)23(14)20(25)17-13-16(8-9-21-17)19(24)22-10-4-5-11-22/h2-3,6-9,13-14H,4-5,10-12H2,1H3. The van der Waals surface area contributed by atoms with E-state index in [1.165, 1.54) is 5.56 Å².